The van der Waals surface area contributed by atoms with Crippen LogP contribution in [0, 0.1) is 154 Å². The highest BCUT2D eigenvalue weighted by molar-refractivity contribution is 5.89. The fourth-order valence-electron chi connectivity index (χ4n) is 6.42. The van der Waals surface area contributed by atoms with Crippen molar-refractivity contribution in [3.05, 3.63) is 0 Å². The molecule has 3 saturated heterocycles. The highest BCUT2D eigenvalue weighted by Gasteiger charge is 2.52. The van der Waals surface area contributed by atoms with E-state index in [1.165, 1.54) is 19.3 Å². The first-order valence-electron chi connectivity index (χ1n) is 21.9. The zero-order valence-corrected chi connectivity index (χ0v) is 38.5. The Morgan fingerprint density at radius 3 is 1.65 bits per heavy atom. The van der Waals surface area contributed by atoms with E-state index in [1.807, 2.05) is 0 Å². The summed E-state index contributed by atoms with van der Waals surface area (Å²) in [6.07, 6.45) is 3.26. The molecule has 10 heteroatoms. The number of carbonyl (C=O) groups excluding carboxylic acids is 1. The minimum absolute atomic E-state index is 0.106. The molecule has 0 radical (unpaired) electrons. The molecule has 66 heavy (non-hydrogen) atoms. The smallest absolute Gasteiger partial charge is 0.385 e. The molecule has 0 aliphatic carbocycles. The Morgan fingerprint density at radius 1 is 0.621 bits per heavy atom. The predicted molar refractivity (Wildman–Crippen MR) is 248 cm³/mol. The van der Waals surface area contributed by atoms with Crippen LogP contribution in [0.15, 0.2) is 0 Å². The summed E-state index contributed by atoms with van der Waals surface area (Å²) in [6.45, 7) is 10.7. The molecular formula is C56H54O10. The van der Waals surface area contributed by atoms with Crippen LogP contribution < -0.4 is 0 Å². The van der Waals surface area contributed by atoms with E-state index in [9.17, 15) is 15.0 Å². The minimum atomic E-state index is -1.47. The summed E-state index contributed by atoms with van der Waals surface area (Å²) in [5, 5.41) is 21.9. The van der Waals surface area contributed by atoms with Gasteiger partial charge in [0.1, 0.15) is 30.5 Å². The molecular weight excluding hydrogens is 833 g/mol. The molecule has 0 bridgehead atoms. The molecule has 3 aliphatic heterocycles. The summed E-state index contributed by atoms with van der Waals surface area (Å²) >= 11 is 0. The second kappa shape index (κ2) is 31.3. The normalized spacial score (nSPS) is 22.1. The summed E-state index contributed by atoms with van der Waals surface area (Å²) in [5.74, 6) is 63.9. The number of rotatable bonds is 15. The lowest BCUT2D eigenvalue weighted by Gasteiger charge is -2.48. The molecule has 0 spiro atoms. The maximum atomic E-state index is 13.1. The largest absolute Gasteiger partial charge is 0.447 e. The Morgan fingerprint density at radius 2 is 1.12 bits per heavy atom. The lowest BCUT2D eigenvalue weighted by atomic mass is 9.97. The van der Waals surface area contributed by atoms with Crippen molar-refractivity contribution in [1.29, 1.82) is 0 Å². The fraction of sp³-hybridized carbons (Fsp3) is 0.518. The van der Waals surface area contributed by atoms with Crippen molar-refractivity contribution >= 4 is 5.97 Å². The maximum absolute atomic E-state index is 13.1. The third-order valence-electron chi connectivity index (χ3n) is 9.35. The van der Waals surface area contributed by atoms with E-state index in [0.29, 0.717) is 6.42 Å². The number of aliphatic hydroxyl groups excluding tert-OH is 2. The van der Waals surface area contributed by atoms with Crippen LogP contribution in [0.4, 0.5) is 0 Å². The van der Waals surface area contributed by atoms with Crippen molar-refractivity contribution < 1.29 is 48.2 Å². The lowest BCUT2D eigenvalue weighted by molar-refractivity contribution is -0.383. The molecule has 3 fully saturated rings. The number of aliphatic hydroxyl groups is 2. The van der Waals surface area contributed by atoms with E-state index in [0.717, 1.165) is 44.9 Å². The van der Waals surface area contributed by atoms with Crippen LogP contribution in [0.5, 0.6) is 0 Å². The summed E-state index contributed by atoms with van der Waals surface area (Å²) in [5.41, 5.74) is 0. The van der Waals surface area contributed by atoms with Gasteiger partial charge in [-0.2, -0.15) is 0 Å². The maximum Gasteiger partial charge on any atom is 0.385 e. The molecule has 5 unspecified atom stereocenters. The van der Waals surface area contributed by atoms with Crippen molar-refractivity contribution in [3.63, 3.8) is 0 Å². The number of fused-ring (bicyclic) bond motifs is 1. The highest BCUT2D eigenvalue weighted by atomic mass is 16.8. The molecule has 10 nitrogen and oxygen atoms in total. The Hall–Kier alpha value is -6.57. The number of hydrogen-bond acceptors (Lipinski definition) is 10. The van der Waals surface area contributed by atoms with Crippen LogP contribution in [0.25, 0.3) is 0 Å². The van der Waals surface area contributed by atoms with Crippen molar-refractivity contribution in [3.8, 4) is 154 Å². The van der Waals surface area contributed by atoms with E-state index in [4.69, 9.17) is 33.2 Å². The Bertz CT molecular complexity index is 2520. The van der Waals surface area contributed by atoms with Gasteiger partial charge in [0.2, 0.25) is 0 Å². The fourth-order valence-corrected chi connectivity index (χ4v) is 6.42. The summed E-state index contributed by atoms with van der Waals surface area (Å²) in [6, 6.07) is 0. The topological polar surface area (TPSA) is 122 Å². The van der Waals surface area contributed by atoms with Crippen molar-refractivity contribution in [2.75, 3.05) is 13.2 Å². The SMILES string of the molecule is CC#CC#CC#CC#CC#CC#CC#CC#CC#CC#CC#CC#CC(=O)O[C@@H](COC1OC2COC(C)(C)OC2C(O)C1O)[C@@H]1OC(C)(C)O[C@@H]1CCCCCCC#CCCCCCC. The summed E-state index contributed by atoms with van der Waals surface area (Å²) in [4.78, 5) is 13.1. The zero-order valence-electron chi connectivity index (χ0n) is 38.5. The van der Waals surface area contributed by atoms with Crippen molar-refractivity contribution in [1.82, 2.24) is 0 Å². The number of carbonyl (C=O) groups is 1. The van der Waals surface area contributed by atoms with Crippen LogP contribution in [-0.4, -0.2) is 90.0 Å². The van der Waals surface area contributed by atoms with Gasteiger partial charge >= 0.3 is 5.97 Å². The third kappa shape index (κ3) is 22.4. The predicted octanol–water partition coefficient (Wildman–Crippen LogP) is 4.41. The van der Waals surface area contributed by atoms with Crippen LogP contribution in [0.2, 0.25) is 0 Å². The monoisotopic (exact) mass is 886 g/mol. The number of hydrogen-bond donors (Lipinski definition) is 2. The first-order chi connectivity index (χ1) is 32.0. The van der Waals surface area contributed by atoms with E-state index >= 15 is 0 Å². The quantitative estimate of drug-likeness (QED) is 0.106. The molecule has 3 aliphatic rings. The van der Waals surface area contributed by atoms with Crippen molar-refractivity contribution in [2.24, 2.45) is 0 Å². The third-order valence-corrected chi connectivity index (χ3v) is 9.35. The van der Waals surface area contributed by atoms with E-state index in [-0.39, 0.29) is 13.2 Å². The molecule has 0 amide bonds. The van der Waals surface area contributed by atoms with Gasteiger partial charge in [-0.25, -0.2) is 4.79 Å². The van der Waals surface area contributed by atoms with Gasteiger partial charge in [0.05, 0.1) is 19.3 Å². The van der Waals surface area contributed by atoms with Crippen LogP contribution in [0.1, 0.15) is 112 Å². The Balaban J connectivity index is 1.60. The van der Waals surface area contributed by atoms with E-state index < -0.39 is 66.6 Å². The second-order valence-electron chi connectivity index (χ2n) is 15.5. The van der Waals surface area contributed by atoms with Crippen molar-refractivity contribution in [2.45, 2.75) is 173 Å². The lowest BCUT2D eigenvalue weighted by Crippen LogP contribution is -2.65. The van der Waals surface area contributed by atoms with E-state index in [1.54, 1.807) is 34.6 Å². The standard InChI is InChI=1S/C56H54O10/c1-7-9-11-13-15-17-19-21-22-23-24-25-26-27-28-29-30-31-33-35-37-39-41-43-49(57)62-47(44-60-54-51(59)50(58)53-48(63-54)45-61-55(3,4)66-53)52-46(64-56(5,6)65-52)42-40-38-36-34-32-20-18-16-14-12-10-8-2/h46-48,50-54,58-59H,8,10,12,14,16,32,34,36,38,40,42,44-45H2,1-6H3/t46-,47+,48?,50?,51?,52-,53?,54?/m1/s1. The number of esters is 1. The van der Waals surface area contributed by atoms with Gasteiger partial charge in [0.25, 0.3) is 0 Å². The van der Waals surface area contributed by atoms with Gasteiger partial charge in [0.15, 0.2) is 24.0 Å². The number of ether oxygens (including phenoxy) is 7. The first kappa shape index (κ1) is 53.8. The van der Waals surface area contributed by atoms with Crippen LogP contribution in [0.3, 0.4) is 0 Å². The average Bonchev–Trinajstić information content (AvgIpc) is 3.60. The van der Waals surface area contributed by atoms with Crippen LogP contribution in [-0.2, 0) is 38.0 Å². The minimum Gasteiger partial charge on any atom is -0.447 e. The van der Waals surface area contributed by atoms with Gasteiger partial charge in [0, 0.05) is 54.3 Å². The molecule has 0 aromatic rings. The van der Waals surface area contributed by atoms with Gasteiger partial charge in [-0.15, -0.1) is 11.8 Å². The number of unbranched alkanes of at least 4 members (excludes halogenated alkanes) is 8. The van der Waals surface area contributed by atoms with Gasteiger partial charge in [-0.1, -0.05) is 51.4 Å². The van der Waals surface area contributed by atoms with E-state index in [2.05, 4.69) is 161 Å². The molecule has 3 heterocycles. The summed E-state index contributed by atoms with van der Waals surface area (Å²) < 4.78 is 41.9. The second-order valence-corrected chi connectivity index (χ2v) is 15.5. The molecule has 338 valence electrons. The highest BCUT2D eigenvalue weighted by Crippen LogP contribution is 2.36. The first-order valence-corrected chi connectivity index (χ1v) is 21.9. The molecule has 8 atom stereocenters. The molecule has 0 saturated carbocycles. The summed E-state index contributed by atoms with van der Waals surface area (Å²) in [7, 11) is 0. The Kier molecular flexibility index (Phi) is 25.5. The molecule has 0 aromatic carbocycles. The molecule has 2 N–H and O–H groups in total. The van der Waals surface area contributed by atoms with Gasteiger partial charge in [-0.3, -0.25) is 0 Å². The average molecular weight is 887 g/mol. The van der Waals surface area contributed by atoms with Gasteiger partial charge in [-0.05, 0) is 149 Å². The zero-order chi connectivity index (χ0) is 47.7. The Labute approximate surface area is 392 Å². The van der Waals surface area contributed by atoms with Crippen LogP contribution >= 0.6 is 0 Å². The molecule has 0 aromatic heterocycles. The molecule has 3 rings (SSSR count). The van der Waals surface area contributed by atoms with Gasteiger partial charge < -0.3 is 43.4 Å².